The molecule has 0 unspecified atom stereocenters. The molecule has 0 radical (unpaired) electrons. The Morgan fingerprint density at radius 1 is 1.26 bits per heavy atom. The molecule has 2 aliphatic rings. The minimum atomic E-state index is -0.727. The Balaban J connectivity index is 1.46. The normalized spacial score (nSPS) is 22.9. The average molecular weight is 375 g/mol. The summed E-state index contributed by atoms with van der Waals surface area (Å²) in [5, 5.41) is 3.00. The van der Waals surface area contributed by atoms with E-state index in [0.717, 1.165) is 36.7 Å². The second kappa shape index (κ2) is 9.07. The van der Waals surface area contributed by atoms with Crippen LogP contribution in [0.3, 0.4) is 0 Å². The van der Waals surface area contributed by atoms with E-state index in [0.29, 0.717) is 19.1 Å². The van der Waals surface area contributed by atoms with Crippen LogP contribution >= 0.6 is 0 Å². The maximum atomic E-state index is 12.7. The molecule has 2 fully saturated rings. The number of nitrogens with one attached hydrogen (secondary N) is 1. The minimum absolute atomic E-state index is 0.0558. The Hall–Kier alpha value is -1.59. The van der Waals surface area contributed by atoms with Gasteiger partial charge in [-0.25, -0.2) is 0 Å². The molecule has 0 bridgehead atoms. The highest BCUT2D eigenvalue weighted by Gasteiger charge is 2.48. The Morgan fingerprint density at radius 3 is 2.63 bits per heavy atom. The van der Waals surface area contributed by atoms with Gasteiger partial charge in [0.2, 0.25) is 0 Å². The summed E-state index contributed by atoms with van der Waals surface area (Å²) in [5.41, 5.74) is 0.0546. The number of ether oxygens (including phenoxy) is 2. The topological polar surface area (TPSA) is 50.8 Å². The predicted octanol–water partition coefficient (Wildman–Crippen LogP) is 3.94. The van der Waals surface area contributed by atoms with Crippen LogP contribution < -0.4 is 10.1 Å². The van der Waals surface area contributed by atoms with Gasteiger partial charge in [0.15, 0.2) is 0 Å². The fourth-order valence-corrected chi connectivity index (χ4v) is 3.97. The van der Waals surface area contributed by atoms with Gasteiger partial charge in [0.05, 0.1) is 0 Å². The first-order valence-electron chi connectivity index (χ1n) is 10.4. The monoisotopic (exact) mass is 374 g/mol. The zero-order chi connectivity index (χ0) is 19.3. The molecule has 1 amide bonds. The largest absolute Gasteiger partial charge is 0.492 e. The Bertz CT molecular complexity index is 614. The zero-order valence-corrected chi connectivity index (χ0v) is 17.0. The van der Waals surface area contributed by atoms with E-state index in [9.17, 15) is 4.79 Å². The molecule has 1 saturated carbocycles. The lowest BCUT2D eigenvalue weighted by molar-refractivity contribution is -0.141. The lowest BCUT2D eigenvalue weighted by Crippen LogP contribution is -2.44. The van der Waals surface area contributed by atoms with Gasteiger partial charge in [-0.05, 0) is 82.2 Å². The SMILES string of the molecule is CCO[C@](C)(C(=O)Nc1ccc(OCCN2CCC[C@H](C)C2)cc1)C1CC1. The molecule has 150 valence electrons. The van der Waals surface area contributed by atoms with Crippen molar-refractivity contribution < 1.29 is 14.3 Å². The summed E-state index contributed by atoms with van der Waals surface area (Å²) in [4.78, 5) is 15.2. The van der Waals surface area contributed by atoms with Gasteiger partial charge in [-0.15, -0.1) is 0 Å². The van der Waals surface area contributed by atoms with E-state index in [1.165, 1.54) is 25.9 Å². The molecule has 1 aliphatic carbocycles. The Kier molecular flexibility index (Phi) is 6.77. The number of likely N-dealkylation sites (tertiary alicyclic amines) is 1. The zero-order valence-electron chi connectivity index (χ0n) is 17.0. The molecular weight excluding hydrogens is 340 g/mol. The van der Waals surface area contributed by atoms with Crippen LogP contribution in [-0.2, 0) is 9.53 Å². The van der Waals surface area contributed by atoms with Crippen LogP contribution in [0.5, 0.6) is 5.75 Å². The fourth-order valence-electron chi connectivity index (χ4n) is 3.97. The Labute approximate surface area is 163 Å². The highest BCUT2D eigenvalue weighted by molar-refractivity contribution is 5.97. The lowest BCUT2D eigenvalue weighted by Gasteiger charge is -2.30. The minimum Gasteiger partial charge on any atom is -0.492 e. The van der Waals surface area contributed by atoms with Crippen molar-refractivity contribution in [1.82, 2.24) is 4.90 Å². The number of hydrogen-bond acceptors (Lipinski definition) is 4. The first-order valence-corrected chi connectivity index (χ1v) is 10.4. The van der Waals surface area contributed by atoms with Crippen LogP contribution in [-0.4, -0.2) is 49.3 Å². The summed E-state index contributed by atoms with van der Waals surface area (Å²) in [6, 6.07) is 7.64. The molecule has 27 heavy (non-hydrogen) atoms. The molecule has 1 saturated heterocycles. The molecule has 1 N–H and O–H groups in total. The van der Waals surface area contributed by atoms with Crippen molar-refractivity contribution in [1.29, 1.82) is 0 Å². The van der Waals surface area contributed by atoms with Crippen LogP contribution in [0.15, 0.2) is 24.3 Å². The van der Waals surface area contributed by atoms with Crippen molar-refractivity contribution in [3.8, 4) is 5.75 Å². The summed E-state index contributed by atoms with van der Waals surface area (Å²) < 4.78 is 11.7. The summed E-state index contributed by atoms with van der Waals surface area (Å²) in [7, 11) is 0. The number of benzene rings is 1. The number of nitrogens with zero attached hydrogens (tertiary/aromatic N) is 1. The molecule has 3 rings (SSSR count). The predicted molar refractivity (Wildman–Crippen MR) is 108 cm³/mol. The van der Waals surface area contributed by atoms with Crippen LogP contribution in [0, 0.1) is 11.8 Å². The number of hydrogen-bond donors (Lipinski definition) is 1. The summed E-state index contributed by atoms with van der Waals surface area (Å²) in [6.45, 7) is 10.7. The third kappa shape index (κ3) is 5.45. The first-order chi connectivity index (χ1) is 13.0. The number of anilines is 1. The molecular formula is C22H34N2O3. The maximum absolute atomic E-state index is 12.7. The van der Waals surface area contributed by atoms with Crippen LogP contribution in [0.25, 0.3) is 0 Å². The quantitative estimate of drug-likeness (QED) is 0.711. The van der Waals surface area contributed by atoms with Gasteiger partial charge < -0.3 is 14.8 Å². The number of piperidine rings is 1. The molecule has 0 aromatic heterocycles. The fraction of sp³-hybridized carbons (Fsp3) is 0.682. The lowest BCUT2D eigenvalue weighted by atomic mass is 9.99. The van der Waals surface area contributed by atoms with Crippen molar-refractivity contribution in [2.75, 3.05) is 38.2 Å². The van der Waals surface area contributed by atoms with E-state index >= 15 is 0 Å². The van der Waals surface area contributed by atoms with E-state index in [2.05, 4.69) is 17.1 Å². The van der Waals surface area contributed by atoms with E-state index in [4.69, 9.17) is 9.47 Å². The summed E-state index contributed by atoms with van der Waals surface area (Å²) in [5.74, 6) is 1.91. The van der Waals surface area contributed by atoms with Gasteiger partial charge in [0.25, 0.3) is 5.91 Å². The van der Waals surface area contributed by atoms with Gasteiger partial charge in [-0.1, -0.05) is 6.92 Å². The molecule has 1 heterocycles. The molecule has 1 aromatic rings. The molecule has 1 aromatic carbocycles. The van der Waals surface area contributed by atoms with E-state index in [1.807, 2.05) is 38.1 Å². The number of carbonyl (C=O) groups excluding carboxylic acids is 1. The third-order valence-corrected chi connectivity index (χ3v) is 5.78. The highest BCUT2D eigenvalue weighted by atomic mass is 16.5. The number of amides is 1. The first kappa shape index (κ1) is 20.2. The standard InChI is InChI=1S/C22H34N2O3/c1-4-27-22(3,18-7-8-18)21(25)23-19-9-11-20(12-10-19)26-15-14-24-13-5-6-17(2)16-24/h9-12,17-18H,4-8,13-16H2,1-3H3,(H,23,25)/t17-,22-/m0/s1. The highest BCUT2D eigenvalue weighted by Crippen LogP contribution is 2.42. The molecule has 5 nitrogen and oxygen atoms in total. The van der Waals surface area contributed by atoms with Gasteiger partial charge in [-0.2, -0.15) is 0 Å². The summed E-state index contributed by atoms with van der Waals surface area (Å²) >= 11 is 0. The number of rotatable bonds is 9. The smallest absolute Gasteiger partial charge is 0.256 e. The maximum Gasteiger partial charge on any atom is 0.256 e. The molecule has 5 heteroatoms. The average Bonchev–Trinajstić information content (AvgIpc) is 3.49. The molecule has 1 aliphatic heterocycles. The van der Waals surface area contributed by atoms with Gasteiger partial charge >= 0.3 is 0 Å². The Morgan fingerprint density at radius 2 is 2.00 bits per heavy atom. The van der Waals surface area contributed by atoms with E-state index < -0.39 is 5.60 Å². The van der Waals surface area contributed by atoms with Gasteiger partial charge in [-0.3, -0.25) is 9.69 Å². The van der Waals surface area contributed by atoms with Crippen LogP contribution in [0.1, 0.15) is 46.5 Å². The second-order valence-corrected chi connectivity index (χ2v) is 8.19. The second-order valence-electron chi connectivity index (χ2n) is 8.19. The molecule has 2 atom stereocenters. The van der Waals surface area contributed by atoms with Crippen molar-refractivity contribution in [3.05, 3.63) is 24.3 Å². The van der Waals surface area contributed by atoms with Gasteiger partial charge in [0, 0.05) is 25.4 Å². The van der Waals surface area contributed by atoms with Crippen molar-refractivity contribution >= 4 is 11.6 Å². The van der Waals surface area contributed by atoms with E-state index in [-0.39, 0.29) is 5.91 Å². The van der Waals surface area contributed by atoms with Gasteiger partial charge in [0.1, 0.15) is 18.0 Å². The van der Waals surface area contributed by atoms with E-state index in [1.54, 1.807) is 0 Å². The summed E-state index contributed by atoms with van der Waals surface area (Å²) in [6.07, 6.45) is 4.75. The van der Waals surface area contributed by atoms with Crippen molar-refractivity contribution in [3.63, 3.8) is 0 Å². The molecule has 0 spiro atoms. The van der Waals surface area contributed by atoms with Crippen molar-refractivity contribution in [2.24, 2.45) is 11.8 Å². The van der Waals surface area contributed by atoms with Crippen LogP contribution in [0.4, 0.5) is 5.69 Å². The van der Waals surface area contributed by atoms with Crippen LogP contribution in [0.2, 0.25) is 0 Å². The van der Waals surface area contributed by atoms with Crippen molar-refractivity contribution in [2.45, 2.75) is 52.1 Å². The third-order valence-electron chi connectivity index (χ3n) is 5.78. The number of carbonyl (C=O) groups is 1.